The van der Waals surface area contributed by atoms with Crippen LogP contribution in [0.1, 0.15) is 56.8 Å². The van der Waals surface area contributed by atoms with Gasteiger partial charge in [0.25, 0.3) is 5.91 Å². The molecular formula is C18H27N3O. The van der Waals surface area contributed by atoms with E-state index in [2.05, 4.69) is 36.2 Å². The van der Waals surface area contributed by atoms with Crippen LogP contribution in [0.25, 0.3) is 0 Å². The first-order chi connectivity index (χ1) is 10.6. The van der Waals surface area contributed by atoms with E-state index >= 15 is 0 Å². The van der Waals surface area contributed by atoms with Crippen LogP contribution in [-0.2, 0) is 0 Å². The Hall–Kier alpha value is -1.84. The third-order valence-corrected chi connectivity index (χ3v) is 4.43. The number of benzene rings is 1. The molecule has 1 N–H and O–H groups in total. The van der Waals surface area contributed by atoms with Crippen LogP contribution in [-0.4, -0.2) is 24.7 Å². The molecule has 1 saturated carbocycles. The van der Waals surface area contributed by atoms with Crippen LogP contribution in [0.15, 0.2) is 29.4 Å². The van der Waals surface area contributed by atoms with Gasteiger partial charge in [-0.1, -0.05) is 6.92 Å². The molecule has 0 bridgehead atoms. The maximum atomic E-state index is 12.1. The molecular weight excluding hydrogens is 274 g/mol. The fraction of sp³-hybridized carbons (Fsp3) is 0.556. The van der Waals surface area contributed by atoms with Gasteiger partial charge in [0.2, 0.25) is 0 Å². The van der Waals surface area contributed by atoms with Gasteiger partial charge in [0, 0.05) is 30.1 Å². The van der Waals surface area contributed by atoms with E-state index in [0.29, 0.717) is 5.56 Å². The van der Waals surface area contributed by atoms with Gasteiger partial charge in [0.1, 0.15) is 0 Å². The zero-order valence-corrected chi connectivity index (χ0v) is 13.9. The number of hydrogen-bond donors (Lipinski definition) is 1. The first-order valence-corrected chi connectivity index (χ1v) is 8.34. The number of nitrogens with one attached hydrogen (secondary N) is 1. The molecule has 0 heterocycles. The van der Waals surface area contributed by atoms with Crippen LogP contribution in [0.4, 0.5) is 5.69 Å². The summed E-state index contributed by atoms with van der Waals surface area (Å²) in [6, 6.07) is 7.73. The summed E-state index contributed by atoms with van der Waals surface area (Å²) in [6.07, 6.45) is 4.35. The van der Waals surface area contributed by atoms with E-state index in [0.717, 1.165) is 43.2 Å². The SMILES string of the molecule is CCN(CC)c1ccc(C(=O)NN=C2CCC(C)CC2)cc1. The molecule has 4 nitrogen and oxygen atoms in total. The molecule has 1 amide bonds. The van der Waals surface area contributed by atoms with Gasteiger partial charge in [0.15, 0.2) is 0 Å². The van der Waals surface area contributed by atoms with Gasteiger partial charge in [-0.05, 0) is 69.7 Å². The molecule has 1 fully saturated rings. The highest BCUT2D eigenvalue weighted by Gasteiger charge is 2.14. The molecule has 1 aliphatic rings. The van der Waals surface area contributed by atoms with Crippen molar-refractivity contribution in [2.45, 2.75) is 46.5 Å². The topological polar surface area (TPSA) is 44.7 Å². The molecule has 1 aromatic carbocycles. The standard InChI is InChI=1S/C18H27N3O/c1-4-21(5-2)17-12-8-15(9-13-17)18(22)20-19-16-10-6-14(3)7-11-16/h8-9,12-14H,4-7,10-11H2,1-3H3,(H,20,22). The van der Waals surface area contributed by atoms with E-state index in [1.54, 1.807) is 0 Å². The Labute approximate surface area is 133 Å². The summed E-state index contributed by atoms with van der Waals surface area (Å²) in [5.41, 5.74) is 5.62. The number of rotatable bonds is 5. The lowest BCUT2D eigenvalue weighted by Crippen LogP contribution is -2.23. The molecule has 4 heteroatoms. The Balaban J connectivity index is 1.94. The molecule has 1 aromatic rings. The van der Waals surface area contributed by atoms with E-state index < -0.39 is 0 Å². The normalized spacial score (nSPS) is 18.0. The Morgan fingerprint density at radius 2 is 1.77 bits per heavy atom. The van der Waals surface area contributed by atoms with Crippen LogP contribution >= 0.6 is 0 Å². The van der Waals surface area contributed by atoms with Crippen molar-refractivity contribution in [2.24, 2.45) is 11.0 Å². The van der Waals surface area contributed by atoms with E-state index in [1.165, 1.54) is 12.8 Å². The molecule has 0 unspecified atom stereocenters. The first kappa shape index (κ1) is 16.5. The van der Waals surface area contributed by atoms with Crippen molar-refractivity contribution in [2.75, 3.05) is 18.0 Å². The molecule has 120 valence electrons. The quantitative estimate of drug-likeness (QED) is 0.840. The molecule has 0 radical (unpaired) electrons. The minimum absolute atomic E-state index is 0.128. The smallest absolute Gasteiger partial charge is 0.271 e. The Kier molecular flexibility index (Phi) is 5.99. The number of nitrogens with zero attached hydrogens (tertiary/aromatic N) is 2. The lowest BCUT2D eigenvalue weighted by molar-refractivity contribution is 0.0954. The molecule has 2 rings (SSSR count). The molecule has 0 saturated heterocycles. The van der Waals surface area contributed by atoms with Crippen molar-refractivity contribution in [3.05, 3.63) is 29.8 Å². The number of hydrogen-bond acceptors (Lipinski definition) is 3. The molecule has 0 aliphatic heterocycles. The average molecular weight is 301 g/mol. The summed E-state index contributed by atoms with van der Waals surface area (Å²) in [6.45, 7) is 8.46. The summed E-state index contributed by atoms with van der Waals surface area (Å²) in [7, 11) is 0. The van der Waals surface area contributed by atoms with Crippen molar-refractivity contribution in [1.29, 1.82) is 0 Å². The van der Waals surface area contributed by atoms with Gasteiger partial charge < -0.3 is 4.90 Å². The first-order valence-electron chi connectivity index (χ1n) is 8.34. The van der Waals surface area contributed by atoms with Crippen molar-refractivity contribution in [1.82, 2.24) is 5.43 Å². The Morgan fingerprint density at radius 3 is 2.32 bits per heavy atom. The zero-order valence-electron chi connectivity index (χ0n) is 13.9. The highest BCUT2D eigenvalue weighted by Crippen LogP contribution is 2.21. The summed E-state index contributed by atoms with van der Waals surface area (Å²) >= 11 is 0. The second kappa shape index (κ2) is 7.97. The number of anilines is 1. The Morgan fingerprint density at radius 1 is 1.18 bits per heavy atom. The summed E-state index contributed by atoms with van der Waals surface area (Å²) in [4.78, 5) is 14.4. The van der Waals surface area contributed by atoms with Crippen LogP contribution in [0.5, 0.6) is 0 Å². The Bertz CT molecular complexity index is 508. The maximum Gasteiger partial charge on any atom is 0.271 e. The van der Waals surface area contributed by atoms with Crippen LogP contribution in [0.2, 0.25) is 0 Å². The molecule has 22 heavy (non-hydrogen) atoms. The van der Waals surface area contributed by atoms with Gasteiger partial charge in [0.05, 0.1) is 0 Å². The van der Waals surface area contributed by atoms with Gasteiger partial charge in [-0.25, -0.2) is 5.43 Å². The number of hydrazone groups is 1. The summed E-state index contributed by atoms with van der Waals surface area (Å²) < 4.78 is 0. The monoisotopic (exact) mass is 301 g/mol. The van der Waals surface area contributed by atoms with Crippen LogP contribution in [0, 0.1) is 5.92 Å². The summed E-state index contributed by atoms with van der Waals surface area (Å²) in [5, 5.41) is 4.29. The number of amides is 1. The lowest BCUT2D eigenvalue weighted by Gasteiger charge is -2.21. The largest absolute Gasteiger partial charge is 0.372 e. The molecule has 1 aliphatic carbocycles. The van der Waals surface area contributed by atoms with E-state index in [-0.39, 0.29) is 5.91 Å². The minimum Gasteiger partial charge on any atom is -0.372 e. The number of carbonyl (C=O) groups excluding carboxylic acids is 1. The van der Waals surface area contributed by atoms with Crippen LogP contribution < -0.4 is 10.3 Å². The highest BCUT2D eigenvalue weighted by atomic mass is 16.2. The van der Waals surface area contributed by atoms with Crippen molar-refractivity contribution in [3.8, 4) is 0 Å². The second-order valence-electron chi connectivity index (χ2n) is 6.02. The molecule has 0 atom stereocenters. The predicted octanol–water partition coefficient (Wildman–Crippen LogP) is 3.83. The van der Waals surface area contributed by atoms with E-state index in [1.807, 2.05) is 24.3 Å². The van der Waals surface area contributed by atoms with E-state index in [9.17, 15) is 4.79 Å². The third-order valence-electron chi connectivity index (χ3n) is 4.43. The number of carbonyl (C=O) groups is 1. The average Bonchev–Trinajstić information content (AvgIpc) is 2.56. The van der Waals surface area contributed by atoms with E-state index in [4.69, 9.17) is 0 Å². The highest BCUT2D eigenvalue weighted by molar-refractivity contribution is 5.95. The molecule has 0 aromatic heterocycles. The predicted molar refractivity (Wildman–Crippen MR) is 92.5 cm³/mol. The van der Waals surface area contributed by atoms with Crippen molar-refractivity contribution in [3.63, 3.8) is 0 Å². The maximum absolute atomic E-state index is 12.1. The van der Waals surface area contributed by atoms with Crippen LogP contribution in [0.3, 0.4) is 0 Å². The van der Waals surface area contributed by atoms with Gasteiger partial charge in [-0.2, -0.15) is 5.10 Å². The lowest BCUT2D eigenvalue weighted by atomic mass is 9.90. The van der Waals surface area contributed by atoms with Gasteiger partial charge >= 0.3 is 0 Å². The third kappa shape index (κ3) is 4.33. The fourth-order valence-electron chi connectivity index (χ4n) is 2.81. The van der Waals surface area contributed by atoms with Crippen molar-refractivity contribution < 1.29 is 4.79 Å². The van der Waals surface area contributed by atoms with Gasteiger partial charge in [-0.15, -0.1) is 0 Å². The molecule has 0 spiro atoms. The minimum atomic E-state index is -0.128. The zero-order chi connectivity index (χ0) is 15.9. The van der Waals surface area contributed by atoms with Crippen molar-refractivity contribution >= 4 is 17.3 Å². The fourth-order valence-corrected chi connectivity index (χ4v) is 2.81. The second-order valence-corrected chi connectivity index (χ2v) is 6.02. The summed E-state index contributed by atoms with van der Waals surface area (Å²) in [5.74, 6) is 0.652. The van der Waals surface area contributed by atoms with Gasteiger partial charge in [-0.3, -0.25) is 4.79 Å².